The van der Waals surface area contributed by atoms with Crippen LogP contribution in [0.2, 0.25) is 0 Å². The molecule has 2 atom stereocenters. The maximum atomic E-state index is 13.4. The van der Waals surface area contributed by atoms with Crippen molar-refractivity contribution in [3.05, 3.63) is 65.7 Å². The quantitative estimate of drug-likeness (QED) is 0.585. The molecule has 3 rings (SSSR count). The second-order valence-corrected chi connectivity index (χ2v) is 7.89. The number of para-hydroxylation sites is 1. The topological polar surface area (TPSA) is 95.9 Å². The number of esters is 1. The minimum absolute atomic E-state index is 0.249. The first-order chi connectivity index (χ1) is 15.5. The van der Waals surface area contributed by atoms with Crippen LogP contribution < -0.4 is 10.2 Å². The number of aliphatic carboxylic acids is 1. The predicted molar refractivity (Wildman–Crippen MR) is 121 cm³/mol. The van der Waals surface area contributed by atoms with Gasteiger partial charge in [0.05, 0.1) is 12.6 Å². The molecule has 0 unspecified atom stereocenters. The first-order valence-corrected chi connectivity index (χ1v) is 11.1. The van der Waals surface area contributed by atoms with Gasteiger partial charge in [-0.05, 0) is 56.2 Å². The van der Waals surface area contributed by atoms with Gasteiger partial charge in [-0.15, -0.1) is 0 Å². The highest BCUT2D eigenvalue weighted by Gasteiger charge is 2.33. The molecule has 0 saturated carbocycles. The van der Waals surface area contributed by atoms with Gasteiger partial charge in [0.15, 0.2) is 0 Å². The molecule has 1 heterocycles. The minimum Gasteiger partial charge on any atom is -0.480 e. The van der Waals surface area contributed by atoms with Gasteiger partial charge >= 0.3 is 11.9 Å². The lowest BCUT2D eigenvalue weighted by molar-refractivity contribution is -0.146. The molecule has 0 aromatic heterocycles. The summed E-state index contributed by atoms with van der Waals surface area (Å²) in [5.41, 5.74) is 2.66. The van der Waals surface area contributed by atoms with Crippen molar-refractivity contribution in [3.63, 3.8) is 0 Å². The van der Waals surface area contributed by atoms with Crippen LogP contribution in [-0.2, 0) is 32.0 Å². The van der Waals surface area contributed by atoms with E-state index in [0.29, 0.717) is 24.9 Å². The van der Waals surface area contributed by atoms with Crippen molar-refractivity contribution in [2.24, 2.45) is 0 Å². The Labute approximate surface area is 188 Å². The third-order valence-electron chi connectivity index (χ3n) is 5.62. The number of hydrogen-bond donors (Lipinski definition) is 2. The van der Waals surface area contributed by atoms with Crippen LogP contribution in [0.4, 0.5) is 5.69 Å². The fourth-order valence-corrected chi connectivity index (χ4v) is 4.08. The van der Waals surface area contributed by atoms with Crippen molar-refractivity contribution in [1.82, 2.24) is 5.32 Å². The first-order valence-electron chi connectivity index (χ1n) is 11.1. The number of amides is 1. The molecule has 0 saturated heterocycles. The van der Waals surface area contributed by atoms with E-state index in [9.17, 15) is 19.5 Å². The molecule has 7 nitrogen and oxygen atoms in total. The maximum absolute atomic E-state index is 13.4. The molecule has 32 heavy (non-hydrogen) atoms. The fraction of sp³-hybridized carbons (Fsp3) is 0.400. The largest absolute Gasteiger partial charge is 0.480 e. The Kier molecular flexibility index (Phi) is 8.39. The van der Waals surface area contributed by atoms with Crippen LogP contribution in [0.25, 0.3) is 0 Å². The van der Waals surface area contributed by atoms with Gasteiger partial charge in [-0.25, -0.2) is 0 Å². The average Bonchev–Trinajstić information content (AvgIpc) is 2.79. The normalized spacial score (nSPS) is 17.1. The predicted octanol–water partition coefficient (Wildman–Crippen LogP) is 2.96. The van der Waals surface area contributed by atoms with Crippen molar-refractivity contribution in [2.75, 3.05) is 18.1 Å². The summed E-state index contributed by atoms with van der Waals surface area (Å²) >= 11 is 0. The van der Waals surface area contributed by atoms with Gasteiger partial charge < -0.3 is 9.84 Å². The van der Waals surface area contributed by atoms with E-state index < -0.39 is 30.6 Å². The third kappa shape index (κ3) is 6.17. The number of carbonyl (C=O) groups is 3. The molecule has 1 aliphatic rings. The van der Waals surface area contributed by atoms with E-state index in [1.54, 1.807) is 19.1 Å². The van der Waals surface area contributed by atoms with E-state index in [-0.39, 0.29) is 12.5 Å². The lowest BCUT2D eigenvalue weighted by Gasteiger charge is -2.32. The van der Waals surface area contributed by atoms with Crippen LogP contribution in [-0.4, -0.2) is 48.2 Å². The summed E-state index contributed by atoms with van der Waals surface area (Å²) in [6.07, 6.45) is 3.11. The molecule has 170 valence electrons. The zero-order valence-corrected chi connectivity index (χ0v) is 18.3. The van der Waals surface area contributed by atoms with Gasteiger partial charge in [-0.2, -0.15) is 0 Å². The van der Waals surface area contributed by atoms with Gasteiger partial charge in [-0.3, -0.25) is 24.6 Å². The number of carboxylic acid groups (broad SMARTS) is 1. The van der Waals surface area contributed by atoms with E-state index >= 15 is 0 Å². The van der Waals surface area contributed by atoms with E-state index in [1.165, 1.54) is 4.90 Å². The number of hydrogen-bond acceptors (Lipinski definition) is 5. The number of carbonyl (C=O) groups excluding carboxylic acids is 2. The molecular weight excluding hydrogens is 408 g/mol. The Morgan fingerprint density at radius 1 is 1.16 bits per heavy atom. The van der Waals surface area contributed by atoms with Crippen LogP contribution in [0.1, 0.15) is 37.3 Å². The fourth-order valence-electron chi connectivity index (χ4n) is 4.08. The monoisotopic (exact) mass is 438 g/mol. The number of fused-ring (bicyclic) bond motifs is 1. The zero-order chi connectivity index (χ0) is 22.9. The van der Waals surface area contributed by atoms with E-state index in [0.717, 1.165) is 24.0 Å². The molecule has 0 bridgehead atoms. The third-order valence-corrected chi connectivity index (χ3v) is 5.62. The van der Waals surface area contributed by atoms with Crippen molar-refractivity contribution in [1.29, 1.82) is 0 Å². The maximum Gasteiger partial charge on any atom is 0.323 e. The number of nitrogens with one attached hydrogen (secondary N) is 1. The Hall–Kier alpha value is -3.19. The summed E-state index contributed by atoms with van der Waals surface area (Å²) in [6.45, 7) is 1.57. The lowest BCUT2D eigenvalue weighted by atomic mass is 9.97. The van der Waals surface area contributed by atoms with Crippen LogP contribution in [0, 0.1) is 0 Å². The summed E-state index contributed by atoms with van der Waals surface area (Å²) in [7, 11) is 0. The van der Waals surface area contributed by atoms with Gasteiger partial charge in [0, 0.05) is 5.69 Å². The number of anilines is 1. The van der Waals surface area contributed by atoms with E-state index in [2.05, 4.69) is 5.32 Å². The van der Waals surface area contributed by atoms with Crippen LogP contribution in [0.3, 0.4) is 0 Å². The van der Waals surface area contributed by atoms with Crippen molar-refractivity contribution < 1.29 is 24.2 Å². The first kappa shape index (κ1) is 23.5. The zero-order valence-electron chi connectivity index (χ0n) is 18.3. The highest BCUT2D eigenvalue weighted by Crippen LogP contribution is 2.26. The van der Waals surface area contributed by atoms with Crippen molar-refractivity contribution in [2.45, 2.75) is 51.1 Å². The minimum atomic E-state index is -1.08. The molecule has 0 spiro atoms. The van der Waals surface area contributed by atoms with Crippen LogP contribution in [0.15, 0.2) is 54.6 Å². The molecule has 0 aliphatic carbocycles. The number of nitrogens with zero attached hydrogens (tertiary/aromatic N) is 1. The van der Waals surface area contributed by atoms with Gasteiger partial charge in [0.25, 0.3) is 0 Å². The van der Waals surface area contributed by atoms with E-state index in [4.69, 9.17) is 4.74 Å². The van der Waals surface area contributed by atoms with Crippen molar-refractivity contribution in [3.8, 4) is 0 Å². The summed E-state index contributed by atoms with van der Waals surface area (Å²) in [5.74, 6) is -1.82. The van der Waals surface area contributed by atoms with Gasteiger partial charge in [0.1, 0.15) is 12.6 Å². The SMILES string of the molecule is CCOC(=O)[C@H](CCc1ccccc1)N[C@H]1CCCc2ccccc2N(CC(=O)O)C1=O. The van der Waals surface area contributed by atoms with Crippen molar-refractivity contribution >= 4 is 23.5 Å². The molecular formula is C25H30N2O5. The standard InChI is InChI=1S/C25H30N2O5/c1-2-32-25(31)21(16-15-18-9-4-3-5-10-18)26-20-13-8-12-19-11-6-7-14-22(19)27(24(20)30)17-23(28)29/h3-7,9-11,14,20-21,26H,2,8,12-13,15-17H2,1H3,(H,28,29)/t20-,21-/m0/s1. The summed E-state index contributed by atoms with van der Waals surface area (Å²) in [4.78, 5) is 38.9. The number of benzene rings is 2. The molecule has 1 aliphatic heterocycles. The summed E-state index contributed by atoms with van der Waals surface area (Å²) < 4.78 is 5.25. The molecule has 2 aromatic carbocycles. The van der Waals surface area contributed by atoms with Gasteiger partial charge in [0.2, 0.25) is 5.91 Å². The second kappa shape index (κ2) is 11.4. The Balaban J connectivity index is 1.81. The number of rotatable bonds is 9. The Bertz CT molecular complexity index is 931. The second-order valence-electron chi connectivity index (χ2n) is 7.89. The lowest BCUT2D eigenvalue weighted by Crippen LogP contribution is -2.54. The number of aryl methyl sites for hydroxylation is 2. The molecule has 0 fully saturated rings. The molecule has 2 aromatic rings. The highest BCUT2D eigenvalue weighted by atomic mass is 16.5. The number of ether oxygens (including phenoxy) is 1. The smallest absolute Gasteiger partial charge is 0.323 e. The Morgan fingerprint density at radius 2 is 1.88 bits per heavy atom. The van der Waals surface area contributed by atoms with Crippen LogP contribution >= 0.6 is 0 Å². The number of carboxylic acids is 1. The summed E-state index contributed by atoms with van der Waals surface area (Å²) in [6, 6.07) is 15.9. The van der Waals surface area contributed by atoms with E-state index in [1.807, 2.05) is 42.5 Å². The summed E-state index contributed by atoms with van der Waals surface area (Å²) in [5, 5.41) is 12.6. The van der Waals surface area contributed by atoms with Gasteiger partial charge in [-0.1, -0.05) is 48.5 Å². The highest BCUT2D eigenvalue weighted by molar-refractivity contribution is 6.01. The molecule has 2 N–H and O–H groups in total. The molecule has 7 heteroatoms. The molecule has 0 radical (unpaired) electrons. The molecule has 1 amide bonds. The van der Waals surface area contributed by atoms with Crippen LogP contribution in [0.5, 0.6) is 0 Å². The Morgan fingerprint density at radius 3 is 2.59 bits per heavy atom. The average molecular weight is 439 g/mol.